The predicted octanol–water partition coefficient (Wildman–Crippen LogP) is 2.99. The Morgan fingerprint density at radius 2 is 1.79 bits per heavy atom. The summed E-state index contributed by atoms with van der Waals surface area (Å²) in [5, 5.41) is 11.7. The molecule has 0 spiro atoms. The first-order chi connectivity index (χ1) is 11.5. The highest BCUT2D eigenvalue weighted by molar-refractivity contribution is 6.01. The van der Waals surface area contributed by atoms with Crippen LogP contribution >= 0.6 is 0 Å². The summed E-state index contributed by atoms with van der Waals surface area (Å²) in [6.07, 6.45) is 1.55. The number of hydrogen-bond acceptors (Lipinski definition) is 3. The van der Waals surface area contributed by atoms with Crippen LogP contribution in [0, 0.1) is 0 Å². The molecule has 0 heterocycles. The highest BCUT2D eigenvalue weighted by Crippen LogP contribution is 2.51. The van der Waals surface area contributed by atoms with E-state index in [1.807, 2.05) is 24.3 Å². The van der Waals surface area contributed by atoms with Crippen LogP contribution in [0.4, 0.5) is 5.69 Å². The highest BCUT2D eigenvalue weighted by Gasteiger charge is 2.52. The smallest absolute Gasteiger partial charge is 0.307 e. The van der Waals surface area contributed by atoms with Crippen LogP contribution < -0.4 is 10.1 Å². The van der Waals surface area contributed by atoms with Crippen molar-refractivity contribution < 1.29 is 19.4 Å². The van der Waals surface area contributed by atoms with Crippen LogP contribution in [0.3, 0.4) is 0 Å². The Hall–Kier alpha value is -2.82. The van der Waals surface area contributed by atoms with Gasteiger partial charge in [-0.25, -0.2) is 0 Å². The first kappa shape index (κ1) is 16.1. The van der Waals surface area contributed by atoms with Gasteiger partial charge in [0, 0.05) is 11.3 Å². The molecule has 0 unspecified atom stereocenters. The van der Waals surface area contributed by atoms with E-state index in [1.165, 1.54) is 0 Å². The maximum absolute atomic E-state index is 12.8. The zero-order valence-corrected chi connectivity index (χ0v) is 13.4. The van der Waals surface area contributed by atoms with Crippen LogP contribution in [0.1, 0.15) is 24.0 Å². The number of benzene rings is 2. The van der Waals surface area contributed by atoms with Crippen molar-refractivity contribution in [1.29, 1.82) is 0 Å². The average molecular weight is 325 g/mol. The molecule has 1 aliphatic rings. The summed E-state index contributed by atoms with van der Waals surface area (Å²) >= 11 is 0. The third kappa shape index (κ3) is 3.11. The number of methoxy groups -OCH3 is 1. The Morgan fingerprint density at radius 1 is 1.12 bits per heavy atom. The molecular formula is C19H19NO4. The molecule has 0 aromatic heterocycles. The normalized spacial score (nSPS) is 14.7. The fraction of sp³-hybridized carbons (Fsp3) is 0.263. The number of anilines is 1. The number of rotatable bonds is 6. The van der Waals surface area contributed by atoms with Crippen molar-refractivity contribution in [3.63, 3.8) is 0 Å². The second-order valence-electron chi connectivity index (χ2n) is 6.00. The molecule has 1 aliphatic carbocycles. The topological polar surface area (TPSA) is 75.6 Å². The zero-order chi connectivity index (χ0) is 17.2. The van der Waals surface area contributed by atoms with Crippen molar-refractivity contribution in [3.8, 4) is 5.75 Å². The number of hydrogen-bond donors (Lipinski definition) is 2. The first-order valence-electron chi connectivity index (χ1n) is 7.81. The Balaban J connectivity index is 1.76. The summed E-state index contributed by atoms with van der Waals surface area (Å²) in [5.74, 6) is -0.208. The molecule has 3 rings (SSSR count). The Kier molecular flexibility index (Phi) is 4.25. The van der Waals surface area contributed by atoms with Gasteiger partial charge in [-0.15, -0.1) is 0 Å². The minimum Gasteiger partial charge on any atom is -0.496 e. The van der Waals surface area contributed by atoms with Crippen LogP contribution in [0.2, 0.25) is 0 Å². The van der Waals surface area contributed by atoms with Gasteiger partial charge < -0.3 is 15.2 Å². The quantitative estimate of drug-likeness (QED) is 0.856. The Bertz CT molecular complexity index is 763. The maximum atomic E-state index is 12.8. The number of nitrogens with one attached hydrogen (secondary N) is 1. The van der Waals surface area contributed by atoms with E-state index < -0.39 is 11.4 Å². The van der Waals surface area contributed by atoms with Gasteiger partial charge >= 0.3 is 5.97 Å². The maximum Gasteiger partial charge on any atom is 0.307 e. The van der Waals surface area contributed by atoms with Gasteiger partial charge in [0.25, 0.3) is 0 Å². The average Bonchev–Trinajstić information content (AvgIpc) is 3.38. The molecule has 0 saturated heterocycles. The molecule has 5 nitrogen and oxygen atoms in total. The molecule has 5 heteroatoms. The van der Waals surface area contributed by atoms with Crippen LogP contribution in [0.5, 0.6) is 5.75 Å². The van der Waals surface area contributed by atoms with Crippen molar-refractivity contribution in [1.82, 2.24) is 0 Å². The molecule has 124 valence electrons. The van der Waals surface area contributed by atoms with E-state index in [4.69, 9.17) is 9.84 Å². The number of amides is 1. The zero-order valence-electron chi connectivity index (χ0n) is 13.4. The van der Waals surface area contributed by atoms with Gasteiger partial charge in [0.05, 0.1) is 18.9 Å². The number of aliphatic carboxylic acids is 1. The van der Waals surface area contributed by atoms with E-state index >= 15 is 0 Å². The molecule has 0 atom stereocenters. The van der Waals surface area contributed by atoms with E-state index in [0.717, 1.165) is 24.2 Å². The van der Waals surface area contributed by atoms with Gasteiger partial charge in [-0.2, -0.15) is 0 Å². The number of ether oxygens (including phenoxy) is 1. The molecule has 1 saturated carbocycles. The number of carboxylic acids is 1. The first-order valence-corrected chi connectivity index (χ1v) is 7.81. The molecular weight excluding hydrogens is 306 g/mol. The molecule has 24 heavy (non-hydrogen) atoms. The van der Waals surface area contributed by atoms with Gasteiger partial charge in [-0.05, 0) is 36.6 Å². The summed E-state index contributed by atoms with van der Waals surface area (Å²) < 4.78 is 5.39. The van der Waals surface area contributed by atoms with E-state index in [9.17, 15) is 9.59 Å². The molecule has 0 radical (unpaired) electrons. The monoisotopic (exact) mass is 325 g/mol. The predicted molar refractivity (Wildman–Crippen MR) is 90.3 cm³/mol. The lowest BCUT2D eigenvalue weighted by atomic mass is 9.94. The summed E-state index contributed by atoms with van der Waals surface area (Å²) in [5.41, 5.74) is 1.74. The number of para-hydroxylation sites is 1. The standard InChI is InChI=1S/C19H19NO4/c1-24-16-5-3-2-4-15(16)19(10-11-19)18(23)20-14-8-6-13(7-9-14)12-17(21)22/h2-9H,10-12H2,1H3,(H,20,23)(H,21,22). The number of carboxylic acid groups (broad SMARTS) is 1. The summed E-state index contributed by atoms with van der Waals surface area (Å²) in [6, 6.07) is 14.5. The van der Waals surface area contributed by atoms with Crippen molar-refractivity contribution >= 4 is 17.6 Å². The molecule has 1 fully saturated rings. The fourth-order valence-corrected chi connectivity index (χ4v) is 2.91. The fourth-order valence-electron chi connectivity index (χ4n) is 2.91. The number of carbonyl (C=O) groups excluding carboxylic acids is 1. The lowest BCUT2D eigenvalue weighted by Crippen LogP contribution is -2.28. The van der Waals surface area contributed by atoms with Crippen molar-refractivity contribution in [2.24, 2.45) is 0 Å². The SMILES string of the molecule is COc1ccccc1C1(C(=O)Nc2ccc(CC(=O)O)cc2)CC1. The Morgan fingerprint density at radius 3 is 2.38 bits per heavy atom. The summed E-state index contributed by atoms with van der Waals surface area (Å²) in [6.45, 7) is 0. The van der Waals surface area contributed by atoms with Crippen LogP contribution in [-0.2, 0) is 21.4 Å². The summed E-state index contributed by atoms with van der Waals surface area (Å²) in [4.78, 5) is 23.5. The highest BCUT2D eigenvalue weighted by atomic mass is 16.5. The third-order valence-electron chi connectivity index (χ3n) is 4.37. The minimum atomic E-state index is -0.875. The molecule has 0 bridgehead atoms. The molecule has 2 aromatic rings. The van der Waals surface area contributed by atoms with Gasteiger partial charge in [-0.3, -0.25) is 9.59 Å². The van der Waals surface area contributed by atoms with Crippen molar-refractivity contribution in [3.05, 3.63) is 59.7 Å². The molecule has 2 N–H and O–H groups in total. The largest absolute Gasteiger partial charge is 0.496 e. The van der Waals surface area contributed by atoms with Crippen LogP contribution in [0.25, 0.3) is 0 Å². The second kappa shape index (κ2) is 6.35. The lowest BCUT2D eigenvalue weighted by molar-refractivity contribution is -0.136. The summed E-state index contributed by atoms with van der Waals surface area (Å²) in [7, 11) is 1.61. The van der Waals surface area contributed by atoms with Crippen molar-refractivity contribution in [2.45, 2.75) is 24.7 Å². The van der Waals surface area contributed by atoms with E-state index in [2.05, 4.69) is 5.32 Å². The van der Waals surface area contributed by atoms with Crippen LogP contribution in [-0.4, -0.2) is 24.1 Å². The van der Waals surface area contributed by atoms with Gasteiger partial charge in [-0.1, -0.05) is 30.3 Å². The third-order valence-corrected chi connectivity index (χ3v) is 4.37. The van der Waals surface area contributed by atoms with Gasteiger partial charge in [0.2, 0.25) is 5.91 Å². The molecule has 0 aliphatic heterocycles. The second-order valence-corrected chi connectivity index (χ2v) is 6.00. The van der Waals surface area contributed by atoms with E-state index in [0.29, 0.717) is 11.3 Å². The molecule has 1 amide bonds. The molecule has 2 aromatic carbocycles. The van der Waals surface area contributed by atoms with Gasteiger partial charge in [0.1, 0.15) is 5.75 Å². The van der Waals surface area contributed by atoms with Crippen molar-refractivity contribution in [2.75, 3.05) is 12.4 Å². The minimum absolute atomic E-state index is 0.0284. The number of carbonyl (C=O) groups is 2. The van der Waals surface area contributed by atoms with E-state index in [-0.39, 0.29) is 12.3 Å². The Labute approximate surface area is 140 Å². The van der Waals surface area contributed by atoms with Crippen LogP contribution in [0.15, 0.2) is 48.5 Å². The van der Waals surface area contributed by atoms with Gasteiger partial charge in [0.15, 0.2) is 0 Å². The van der Waals surface area contributed by atoms with E-state index in [1.54, 1.807) is 31.4 Å². The lowest BCUT2D eigenvalue weighted by Gasteiger charge is -2.18.